The Labute approximate surface area is 169 Å². The van der Waals surface area contributed by atoms with E-state index in [2.05, 4.69) is 15.2 Å². The Morgan fingerprint density at radius 2 is 2.00 bits per heavy atom. The highest BCUT2D eigenvalue weighted by Gasteiger charge is 2.11. The van der Waals surface area contributed by atoms with Gasteiger partial charge in [0.05, 0.1) is 12.1 Å². The van der Waals surface area contributed by atoms with Gasteiger partial charge in [0.2, 0.25) is 5.91 Å². The number of hydrogen-bond donors (Lipinski definition) is 1. The first kappa shape index (κ1) is 20.1. The summed E-state index contributed by atoms with van der Waals surface area (Å²) >= 11 is 7.37. The zero-order valence-corrected chi connectivity index (χ0v) is 17.0. The lowest BCUT2D eigenvalue weighted by molar-refractivity contribution is -0.120. The molecule has 1 N–H and O–H groups in total. The average molecular weight is 408 g/mol. The molecule has 1 aliphatic heterocycles. The predicted molar refractivity (Wildman–Crippen MR) is 110 cm³/mol. The second kappa shape index (κ2) is 10.6. The topological polar surface area (TPSA) is 54.5 Å². The number of nitrogens with one attached hydrogen (secondary N) is 1. The predicted octanol–water partition coefficient (Wildman–Crippen LogP) is 3.91. The van der Waals surface area contributed by atoms with Gasteiger partial charge in [0, 0.05) is 16.9 Å². The molecule has 1 aromatic carbocycles. The Kier molecular flexibility index (Phi) is 7.93. The number of amides is 1. The molecule has 0 spiro atoms. The monoisotopic (exact) mass is 407 g/mol. The maximum absolute atomic E-state index is 12.1. The van der Waals surface area contributed by atoms with E-state index in [1.807, 2.05) is 17.5 Å². The summed E-state index contributed by atoms with van der Waals surface area (Å²) in [6, 6.07) is 7.24. The molecule has 7 heteroatoms. The molecule has 2 aromatic rings. The summed E-state index contributed by atoms with van der Waals surface area (Å²) < 4.78 is 5.69. The van der Waals surface area contributed by atoms with E-state index in [1.54, 1.807) is 12.1 Å². The van der Waals surface area contributed by atoms with Gasteiger partial charge in [0.25, 0.3) is 0 Å². The van der Waals surface area contributed by atoms with Crippen molar-refractivity contribution in [3.63, 3.8) is 0 Å². The summed E-state index contributed by atoms with van der Waals surface area (Å²) in [6.45, 7) is 4.60. The molecule has 1 fully saturated rings. The average Bonchev–Trinajstić information content (AvgIpc) is 3.13. The minimum Gasteiger partial charge on any atom is -0.486 e. The van der Waals surface area contributed by atoms with E-state index < -0.39 is 0 Å². The van der Waals surface area contributed by atoms with Crippen LogP contribution in [0, 0.1) is 0 Å². The third-order valence-electron chi connectivity index (χ3n) is 4.54. The van der Waals surface area contributed by atoms with Gasteiger partial charge in [0.15, 0.2) is 0 Å². The molecular weight excluding hydrogens is 382 g/mol. The number of thiazole rings is 1. The van der Waals surface area contributed by atoms with Crippen molar-refractivity contribution in [3.05, 3.63) is 45.4 Å². The molecule has 146 valence electrons. The summed E-state index contributed by atoms with van der Waals surface area (Å²) in [5.41, 5.74) is 0.795. The smallest absolute Gasteiger partial charge is 0.226 e. The fourth-order valence-corrected chi connectivity index (χ4v) is 3.94. The van der Waals surface area contributed by atoms with Gasteiger partial charge < -0.3 is 15.0 Å². The number of benzene rings is 1. The van der Waals surface area contributed by atoms with E-state index in [9.17, 15) is 4.79 Å². The molecule has 1 aliphatic rings. The van der Waals surface area contributed by atoms with Crippen LogP contribution in [-0.4, -0.2) is 42.0 Å². The van der Waals surface area contributed by atoms with Gasteiger partial charge in [-0.1, -0.05) is 18.0 Å². The lowest BCUT2D eigenvalue weighted by atomic mass is 10.1. The molecular formula is C20H26ClN3O2S. The van der Waals surface area contributed by atoms with Crippen molar-refractivity contribution in [3.8, 4) is 5.75 Å². The molecule has 1 amide bonds. The summed E-state index contributed by atoms with van der Waals surface area (Å²) in [7, 11) is 0. The van der Waals surface area contributed by atoms with Crippen LogP contribution in [0.3, 0.4) is 0 Å². The van der Waals surface area contributed by atoms with Crippen molar-refractivity contribution in [1.82, 2.24) is 15.2 Å². The van der Waals surface area contributed by atoms with Crippen molar-refractivity contribution in [1.29, 1.82) is 0 Å². The molecule has 0 radical (unpaired) electrons. The van der Waals surface area contributed by atoms with Gasteiger partial charge in [-0.2, -0.15) is 0 Å². The van der Waals surface area contributed by atoms with E-state index in [-0.39, 0.29) is 5.91 Å². The SMILES string of the molecule is O=C(Cc1csc(COc2ccc(Cl)cc2)n1)NCCCN1CCCCC1. The number of piperidine rings is 1. The van der Waals surface area contributed by atoms with E-state index in [0.717, 1.165) is 36.0 Å². The number of ether oxygens (including phenoxy) is 1. The molecule has 0 unspecified atom stereocenters. The van der Waals surface area contributed by atoms with Crippen LogP contribution in [0.1, 0.15) is 36.4 Å². The first-order chi connectivity index (χ1) is 13.2. The summed E-state index contributed by atoms with van der Waals surface area (Å²) in [4.78, 5) is 19.1. The largest absolute Gasteiger partial charge is 0.486 e. The number of nitrogens with zero attached hydrogens (tertiary/aromatic N) is 2. The van der Waals surface area contributed by atoms with Crippen LogP contribution in [0.5, 0.6) is 5.75 Å². The molecule has 1 saturated heterocycles. The van der Waals surface area contributed by atoms with Crippen LogP contribution in [0.2, 0.25) is 5.02 Å². The Hall–Kier alpha value is -1.63. The third kappa shape index (κ3) is 7.13. The normalized spacial score (nSPS) is 14.9. The molecule has 0 atom stereocenters. The Morgan fingerprint density at radius 1 is 1.22 bits per heavy atom. The van der Waals surface area contributed by atoms with Crippen LogP contribution in [-0.2, 0) is 17.8 Å². The van der Waals surface area contributed by atoms with Crippen LogP contribution >= 0.6 is 22.9 Å². The Morgan fingerprint density at radius 3 is 2.78 bits per heavy atom. The number of aromatic nitrogens is 1. The highest BCUT2D eigenvalue weighted by molar-refractivity contribution is 7.09. The fraction of sp³-hybridized carbons (Fsp3) is 0.500. The van der Waals surface area contributed by atoms with Crippen molar-refractivity contribution in [2.45, 2.75) is 38.7 Å². The first-order valence-electron chi connectivity index (χ1n) is 9.50. The lowest BCUT2D eigenvalue weighted by Gasteiger charge is -2.26. The van der Waals surface area contributed by atoms with Crippen molar-refractivity contribution >= 4 is 28.8 Å². The number of hydrogen-bond acceptors (Lipinski definition) is 5. The summed E-state index contributed by atoms with van der Waals surface area (Å²) in [6.07, 6.45) is 5.29. The van der Waals surface area contributed by atoms with Crippen molar-refractivity contribution in [2.24, 2.45) is 0 Å². The number of likely N-dealkylation sites (tertiary alicyclic amines) is 1. The molecule has 2 heterocycles. The number of halogens is 1. The number of carbonyl (C=O) groups excluding carboxylic acids is 1. The first-order valence-corrected chi connectivity index (χ1v) is 10.8. The quantitative estimate of drug-likeness (QED) is 0.640. The lowest BCUT2D eigenvalue weighted by Crippen LogP contribution is -2.33. The van der Waals surface area contributed by atoms with Crippen LogP contribution in [0.4, 0.5) is 0 Å². The zero-order chi connectivity index (χ0) is 18.9. The van der Waals surface area contributed by atoms with Gasteiger partial charge >= 0.3 is 0 Å². The van der Waals surface area contributed by atoms with Gasteiger partial charge in [-0.25, -0.2) is 4.98 Å². The second-order valence-electron chi connectivity index (χ2n) is 6.76. The van der Waals surface area contributed by atoms with Crippen LogP contribution in [0.15, 0.2) is 29.6 Å². The number of rotatable bonds is 9. The molecule has 0 saturated carbocycles. The van der Waals surface area contributed by atoms with E-state index in [4.69, 9.17) is 16.3 Å². The third-order valence-corrected chi connectivity index (χ3v) is 5.66. The molecule has 0 aliphatic carbocycles. The second-order valence-corrected chi connectivity index (χ2v) is 8.14. The van der Waals surface area contributed by atoms with E-state index >= 15 is 0 Å². The number of carbonyl (C=O) groups is 1. The standard InChI is InChI=1S/C20H26ClN3O2S/c21-16-5-7-18(8-6-16)26-14-20-23-17(15-27-20)13-19(25)22-9-4-12-24-10-2-1-3-11-24/h5-8,15H,1-4,9-14H2,(H,22,25). The van der Waals surface area contributed by atoms with Gasteiger partial charge in [0.1, 0.15) is 17.4 Å². The maximum Gasteiger partial charge on any atom is 0.226 e. The molecule has 5 nitrogen and oxygen atoms in total. The molecule has 1 aromatic heterocycles. The minimum absolute atomic E-state index is 0.0316. The van der Waals surface area contributed by atoms with Gasteiger partial charge in [-0.05, 0) is 63.2 Å². The van der Waals surface area contributed by atoms with E-state index in [0.29, 0.717) is 18.1 Å². The maximum atomic E-state index is 12.1. The van der Waals surface area contributed by atoms with Gasteiger partial charge in [-0.15, -0.1) is 11.3 Å². The van der Waals surface area contributed by atoms with E-state index in [1.165, 1.54) is 43.7 Å². The summed E-state index contributed by atoms with van der Waals surface area (Å²) in [5, 5.41) is 6.46. The minimum atomic E-state index is 0.0316. The Balaban J connectivity index is 1.33. The molecule has 27 heavy (non-hydrogen) atoms. The molecule has 3 rings (SSSR count). The highest BCUT2D eigenvalue weighted by atomic mass is 35.5. The Bertz CT molecular complexity index is 714. The fourth-order valence-electron chi connectivity index (χ4n) is 3.11. The highest BCUT2D eigenvalue weighted by Crippen LogP contribution is 2.18. The van der Waals surface area contributed by atoms with Crippen LogP contribution < -0.4 is 10.1 Å². The molecule has 0 bridgehead atoms. The van der Waals surface area contributed by atoms with Crippen LogP contribution in [0.25, 0.3) is 0 Å². The van der Waals surface area contributed by atoms with Gasteiger partial charge in [-0.3, -0.25) is 4.79 Å². The summed E-state index contributed by atoms with van der Waals surface area (Å²) in [5.74, 6) is 0.784. The zero-order valence-electron chi connectivity index (χ0n) is 15.5. The van der Waals surface area contributed by atoms with Crippen molar-refractivity contribution < 1.29 is 9.53 Å². The van der Waals surface area contributed by atoms with Crippen molar-refractivity contribution in [2.75, 3.05) is 26.2 Å².